The van der Waals surface area contributed by atoms with Crippen LogP contribution < -0.4 is 10.0 Å². The first-order chi connectivity index (χ1) is 14.8. The quantitative estimate of drug-likeness (QED) is 0.434. The standard InChI is InChI=1S/C20H14ClFN4O3S2/c21-15-10-13(22)9-8-12(15)11-23-20(27)14-4-1-2-5-16(14)26-31(28,29)18-7-3-6-17-19(18)25-30-24-17/h1-10,26H,11H2,(H,23,27). The number of hydrogen-bond acceptors (Lipinski definition) is 6. The number of sulfonamides is 1. The van der Waals surface area contributed by atoms with Gasteiger partial charge in [-0.15, -0.1) is 0 Å². The number of carbonyl (C=O) groups excluding carboxylic acids is 1. The minimum absolute atomic E-state index is 0.0351. The van der Waals surface area contributed by atoms with Crippen LogP contribution in [-0.2, 0) is 16.6 Å². The zero-order valence-corrected chi connectivity index (χ0v) is 18.1. The van der Waals surface area contributed by atoms with E-state index < -0.39 is 21.7 Å². The van der Waals surface area contributed by atoms with E-state index in [4.69, 9.17) is 11.6 Å². The molecule has 0 saturated heterocycles. The van der Waals surface area contributed by atoms with Crippen LogP contribution in [0.3, 0.4) is 0 Å². The summed E-state index contributed by atoms with van der Waals surface area (Å²) in [6, 6.07) is 14.7. The molecule has 1 amide bonds. The van der Waals surface area contributed by atoms with Gasteiger partial charge in [0.25, 0.3) is 15.9 Å². The number of rotatable bonds is 6. The van der Waals surface area contributed by atoms with E-state index in [1.54, 1.807) is 24.3 Å². The van der Waals surface area contributed by atoms with Gasteiger partial charge in [-0.1, -0.05) is 35.9 Å². The van der Waals surface area contributed by atoms with Crippen molar-refractivity contribution in [3.8, 4) is 0 Å². The van der Waals surface area contributed by atoms with Gasteiger partial charge in [0.05, 0.1) is 23.0 Å². The Labute approximate surface area is 186 Å². The smallest absolute Gasteiger partial charge is 0.264 e. The molecule has 1 heterocycles. The third kappa shape index (κ3) is 4.50. The molecule has 4 aromatic rings. The first-order valence-electron chi connectivity index (χ1n) is 8.90. The third-order valence-electron chi connectivity index (χ3n) is 4.41. The van der Waals surface area contributed by atoms with E-state index in [2.05, 4.69) is 18.8 Å². The van der Waals surface area contributed by atoms with E-state index >= 15 is 0 Å². The lowest BCUT2D eigenvalue weighted by Crippen LogP contribution is -2.25. The predicted octanol–water partition coefficient (Wildman–Crippen LogP) is 4.21. The van der Waals surface area contributed by atoms with Gasteiger partial charge in [-0.05, 0) is 42.0 Å². The highest BCUT2D eigenvalue weighted by molar-refractivity contribution is 7.93. The van der Waals surface area contributed by atoms with E-state index in [9.17, 15) is 17.6 Å². The normalized spacial score (nSPS) is 11.4. The second-order valence-corrected chi connectivity index (χ2v) is 9.04. The van der Waals surface area contributed by atoms with Crippen molar-refractivity contribution in [3.63, 3.8) is 0 Å². The number of nitrogens with one attached hydrogen (secondary N) is 2. The molecular formula is C20H14ClFN4O3S2. The summed E-state index contributed by atoms with van der Waals surface area (Å²) < 4.78 is 49.7. The van der Waals surface area contributed by atoms with Gasteiger partial charge >= 0.3 is 0 Å². The van der Waals surface area contributed by atoms with Crippen molar-refractivity contribution in [2.45, 2.75) is 11.4 Å². The SMILES string of the molecule is O=C(NCc1ccc(F)cc1Cl)c1ccccc1NS(=O)(=O)c1cccc2nsnc12. The van der Waals surface area contributed by atoms with Crippen LogP contribution in [-0.4, -0.2) is 23.1 Å². The predicted molar refractivity (Wildman–Crippen MR) is 117 cm³/mol. The maximum absolute atomic E-state index is 13.2. The Kier molecular flexibility index (Phi) is 5.86. The molecule has 0 unspecified atom stereocenters. The second-order valence-electron chi connectivity index (χ2n) is 6.46. The number of amides is 1. The molecule has 4 rings (SSSR count). The molecule has 3 aromatic carbocycles. The van der Waals surface area contributed by atoms with Crippen LogP contribution in [0.1, 0.15) is 15.9 Å². The number of para-hydroxylation sites is 1. The van der Waals surface area contributed by atoms with Gasteiger partial charge in [-0.25, -0.2) is 12.8 Å². The molecule has 0 aliphatic rings. The van der Waals surface area contributed by atoms with Crippen molar-refractivity contribution < 1.29 is 17.6 Å². The van der Waals surface area contributed by atoms with Gasteiger partial charge in [0, 0.05) is 11.6 Å². The zero-order chi connectivity index (χ0) is 22.0. The zero-order valence-electron chi connectivity index (χ0n) is 15.7. The summed E-state index contributed by atoms with van der Waals surface area (Å²) in [6.45, 7) is 0.0445. The molecule has 0 aliphatic heterocycles. The number of nitrogens with zero attached hydrogens (tertiary/aromatic N) is 2. The molecular weight excluding hydrogens is 463 g/mol. The Balaban J connectivity index is 1.58. The van der Waals surface area contributed by atoms with Crippen molar-refractivity contribution in [2.24, 2.45) is 0 Å². The molecule has 0 bridgehead atoms. The summed E-state index contributed by atoms with van der Waals surface area (Å²) in [5.74, 6) is -1.00. The maximum Gasteiger partial charge on any atom is 0.264 e. The number of halogens is 2. The van der Waals surface area contributed by atoms with Crippen molar-refractivity contribution in [1.82, 2.24) is 14.1 Å². The molecule has 7 nitrogen and oxygen atoms in total. The van der Waals surface area contributed by atoms with Crippen LogP contribution in [0.2, 0.25) is 5.02 Å². The Morgan fingerprint density at radius 1 is 1.06 bits per heavy atom. The van der Waals surface area contributed by atoms with Crippen LogP contribution in [0.5, 0.6) is 0 Å². The molecule has 158 valence electrons. The summed E-state index contributed by atoms with van der Waals surface area (Å²) >= 11 is 6.90. The third-order valence-corrected chi connectivity index (χ3v) is 6.70. The average molecular weight is 477 g/mol. The number of carbonyl (C=O) groups is 1. The molecule has 0 saturated carbocycles. The largest absolute Gasteiger partial charge is 0.348 e. The second kappa shape index (κ2) is 8.58. The van der Waals surface area contributed by atoms with E-state index in [1.807, 2.05) is 0 Å². The van der Waals surface area contributed by atoms with E-state index in [0.717, 1.165) is 17.8 Å². The summed E-state index contributed by atoms with van der Waals surface area (Å²) in [7, 11) is -4.03. The lowest BCUT2D eigenvalue weighted by Gasteiger charge is -2.13. The average Bonchev–Trinajstić information content (AvgIpc) is 3.22. The molecule has 11 heteroatoms. The number of benzene rings is 3. The van der Waals surface area contributed by atoms with Gasteiger partial charge in [0.1, 0.15) is 21.7 Å². The summed E-state index contributed by atoms with van der Waals surface area (Å²) in [5, 5.41) is 2.85. The fourth-order valence-electron chi connectivity index (χ4n) is 2.90. The van der Waals surface area contributed by atoms with E-state index in [-0.39, 0.29) is 33.2 Å². The number of fused-ring (bicyclic) bond motifs is 1. The molecule has 0 aliphatic carbocycles. The monoisotopic (exact) mass is 476 g/mol. The number of hydrogen-bond donors (Lipinski definition) is 2. The van der Waals surface area contributed by atoms with Crippen LogP contribution in [0.25, 0.3) is 11.0 Å². The van der Waals surface area contributed by atoms with E-state index in [0.29, 0.717) is 11.1 Å². The van der Waals surface area contributed by atoms with Crippen LogP contribution in [0, 0.1) is 5.82 Å². The van der Waals surface area contributed by atoms with Crippen molar-refractivity contribution in [3.05, 3.63) is 82.6 Å². The van der Waals surface area contributed by atoms with Crippen LogP contribution >= 0.6 is 23.3 Å². The van der Waals surface area contributed by atoms with Crippen molar-refractivity contribution >= 4 is 56.0 Å². The van der Waals surface area contributed by atoms with Gasteiger partial charge in [-0.3, -0.25) is 9.52 Å². The summed E-state index contributed by atoms with van der Waals surface area (Å²) in [4.78, 5) is 12.7. The lowest BCUT2D eigenvalue weighted by atomic mass is 10.1. The maximum atomic E-state index is 13.2. The number of aromatic nitrogens is 2. The van der Waals surface area contributed by atoms with Gasteiger partial charge in [0.2, 0.25) is 0 Å². The van der Waals surface area contributed by atoms with Gasteiger partial charge in [0.15, 0.2) is 0 Å². The molecule has 31 heavy (non-hydrogen) atoms. The highest BCUT2D eigenvalue weighted by atomic mass is 35.5. The molecule has 0 fully saturated rings. The topological polar surface area (TPSA) is 101 Å². The van der Waals surface area contributed by atoms with Gasteiger partial charge in [-0.2, -0.15) is 8.75 Å². The summed E-state index contributed by atoms with van der Waals surface area (Å²) in [6.07, 6.45) is 0. The van der Waals surface area contributed by atoms with E-state index in [1.165, 1.54) is 30.3 Å². The molecule has 0 radical (unpaired) electrons. The Morgan fingerprint density at radius 3 is 2.68 bits per heavy atom. The van der Waals surface area contributed by atoms with Crippen molar-refractivity contribution in [2.75, 3.05) is 4.72 Å². The van der Waals surface area contributed by atoms with Crippen molar-refractivity contribution in [1.29, 1.82) is 0 Å². The summed E-state index contributed by atoms with van der Waals surface area (Å²) in [5.41, 5.74) is 1.47. The highest BCUT2D eigenvalue weighted by Gasteiger charge is 2.22. The molecule has 1 aromatic heterocycles. The van der Waals surface area contributed by atoms with Crippen LogP contribution in [0.15, 0.2) is 65.6 Å². The fraction of sp³-hybridized carbons (Fsp3) is 0.0500. The first kappa shape index (κ1) is 21.2. The number of anilines is 1. The lowest BCUT2D eigenvalue weighted by molar-refractivity contribution is 0.0952. The minimum atomic E-state index is -4.03. The molecule has 0 spiro atoms. The molecule has 0 atom stereocenters. The minimum Gasteiger partial charge on any atom is -0.348 e. The van der Waals surface area contributed by atoms with Gasteiger partial charge < -0.3 is 5.32 Å². The Morgan fingerprint density at radius 2 is 1.87 bits per heavy atom. The first-order valence-corrected chi connectivity index (χ1v) is 11.5. The fourth-order valence-corrected chi connectivity index (χ4v) is 4.99. The Bertz CT molecular complexity index is 1390. The highest BCUT2D eigenvalue weighted by Crippen LogP contribution is 2.25. The van der Waals surface area contributed by atoms with Crippen LogP contribution in [0.4, 0.5) is 10.1 Å². The molecule has 2 N–H and O–H groups in total. The Hall–Kier alpha value is -3.08.